The Morgan fingerprint density at radius 3 is 2.59 bits per heavy atom. The number of hydrogen-bond acceptors (Lipinski definition) is 3. The molecule has 4 nitrogen and oxygen atoms in total. The molecule has 5 heteroatoms. The van der Waals surface area contributed by atoms with Crippen molar-refractivity contribution in [1.29, 1.82) is 0 Å². The molecule has 0 saturated carbocycles. The number of guanidine groups is 1. The minimum absolute atomic E-state index is 0.668. The highest BCUT2D eigenvalue weighted by Crippen LogP contribution is 2.11. The Labute approximate surface area is 138 Å². The van der Waals surface area contributed by atoms with Crippen LogP contribution < -0.4 is 5.73 Å². The lowest BCUT2D eigenvalue weighted by Crippen LogP contribution is -2.42. The van der Waals surface area contributed by atoms with Crippen molar-refractivity contribution in [2.24, 2.45) is 10.7 Å². The van der Waals surface area contributed by atoms with Crippen LogP contribution >= 0.6 is 11.8 Å². The molecule has 1 fully saturated rings. The van der Waals surface area contributed by atoms with E-state index in [1.165, 1.54) is 11.1 Å². The van der Waals surface area contributed by atoms with Crippen LogP contribution in [0.2, 0.25) is 0 Å². The lowest BCUT2D eigenvalue weighted by molar-refractivity contribution is 0.296. The van der Waals surface area contributed by atoms with Crippen LogP contribution in [0, 0.1) is 0 Å². The predicted octanol–water partition coefficient (Wildman–Crippen LogP) is 2.39. The largest absolute Gasteiger partial charge is 0.370 e. The van der Waals surface area contributed by atoms with Gasteiger partial charge in [0.25, 0.3) is 0 Å². The van der Waals surface area contributed by atoms with Crippen LogP contribution in [0.5, 0.6) is 0 Å². The fourth-order valence-corrected chi connectivity index (χ4v) is 3.50. The van der Waals surface area contributed by atoms with Crippen LogP contribution in [0.3, 0.4) is 0 Å². The third-order valence-electron chi connectivity index (χ3n) is 4.05. The maximum Gasteiger partial charge on any atom is 0.191 e. The van der Waals surface area contributed by atoms with Crippen molar-refractivity contribution in [3.8, 4) is 0 Å². The number of benzene rings is 1. The first-order valence-corrected chi connectivity index (χ1v) is 9.31. The summed E-state index contributed by atoms with van der Waals surface area (Å²) in [6.07, 6.45) is 0. The van der Waals surface area contributed by atoms with Gasteiger partial charge in [-0.1, -0.05) is 38.1 Å². The average molecular weight is 321 g/mol. The molecule has 0 radical (unpaired) electrons. The maximum absolute atomic E-state index is 6.12. The molecule has 1 aromatic rings. The van der Waals surface area contributed by atoms with Crippen LogP contribution in [-0.4, -0.2) is 53.4 Å². The highest BCUT2D eigenvalue weighted by molar-refractivity contribution is 7.99. The molecule has 0 aliphatic carbocycles. The molecule has 2 N–H and O–H groups in total. The van der Waals surface area contributed by atoms with Gasteiger partial charge in [-0.2, -0.15) is 11.8 Å². The van der Waals surface area contributed by atoms with Crippen LogP contribution in [0.4, 0.5) is 0 Å². The van der Waals surface area contributed by atoms with Gasteiger partial charge in [-0.25, -0.2) is 4.99 Å². The summed E-state index contributed by atoms with van der Waals surface area (Å²) in [7, 11) is 0. The number of thioether (sulfide) groups is 1. The highest BCUT2D eigenvalue weighted by Gasteiger charge is 2.11. The van der Waals surface area contributed by atoms with E-state index in [1.807, 2.05) is 11.8 Å². The van der Waals surface area contributed by atoms with Gasteiger partial charge in [0, 0.05) is 31.1 Å². The van der Waals surface area contributed by atoms with Gasteiger partial charge in [-0.15, -0.1) is 0 Å². The lowest BCUT2D eigenvalue weighted by atomic mass is 10.1. The summed E-state index contributed by atoms with van der Waals surface area (Å²) in [5.74, 6) is 2.99. The van der Waals surface area contributed by atoms with Crippen molar-refractivity contribution in [2.45, 2.75) is 26.9 Å². The topological polar surface area (TPSA) is 44.9 Å². The molecule has 0 amide bonds. The quantitative estimate of drug-likeness (QED) is 0.646. The van der Waals surface area contributed by atoms with Crippen molar-refractivity contribution < 1.29 is 0 Å². The van der Waals surface area contributed by atoms with Crippen molar-refractivity contribution in [3.05, 3.63) is 35.4 Å². The molecular weight excluding hydrogens is 292 g/mol. The van der Waals surface area contributed by atoms with Crippen molar-refractivity contribution in [1.82, 2.24) is 9.80 Å². The van der Waals surface area contributed by atoms with E-state index in [0.29, 0.717) is 12.5 Å². The molecule has 0 aromatic heterocycles. The Morgan fingerprint density at radius 2 is 1.91 bits per heavy atom. The molecule has 2 rings (SSSR count). The Balaban J connectivity index is 1.94. The van der Waals surface area contributed by atoms with Crippen molar-refractivity contribution in [2.75, 3.05) is 37.7 Å². The Morgan fingerprint density at radius 1 is 1.23 bits per heavy atom. The van der Waals surface area contributed by atoms with E-state index < -0.39 is 0 Å². The SMILES string of the molecule is CCN(CC)Cc1cccc(CN=C(N)N2CCSCC2)c1. The molecule has 22 heavy (non-hydrogen) atoms. The number of hydrogen-bond donors (Lipinski definition) is 1. The number of nitrogens with zero attached hydrogens (tertiary/aromatic N) is 3. The van der Waals surface area contributed by atoms with E-state index in [4.69, 9.17) is 5.73 Å². The van der Waals surface area contributed by atoms with Gasteiger partial charge in [0.05, 0.1) is 6.54 Å². The molecular formula is C17H28N4S. The molecule has 1 saturated heterocycles. The Kier molecular flexibility index (Phi) is 7.06. The minimum atomic E-state index is 0.668. The summed E-state index contributed by atoms with van der Waals surface area (Å²) < 4.78 is 0. The molecule has 0 atom stereocenters. The van der Waals surface area contributed by atoms with E-state index in [1.54, 1.807) is 0 Å². The molecule has 1 aliphatic rings. The van der Waals surface area contributed by atoms with Gasteiger partial charge in [-0.05, 0) is 24.2 Å². The fraction of sp³-hybridized carbons (Fsp3) is 0.588. The minimum Gasteiger partial charge on any atom is -0.370 e. The van der Waals surface area contributed by atoms with Crippen LogP contribution in [0.1, 0.15) is 25.0 Å². The summed E-state index contributed by atoms with van der Waals surface area (Å²) in [5.41, 5.74) is 8.70. The van der Waals surface area contributed by atoms with Crippen LogP contribution in [-0.2, 0) is 13.1 Å². The van der Waals surface area contributed by atoms with Gasteiger partial charge in [0.2, 0.25) is 0 Å². The molecule has 1 aliphatic heterocycles. The first-order chi connectivity index (χ1) is 10.7. The monoisotopic (exact) mass is 320 g/mol. The summed E-state index contributed by atoms with van der Waals surface area (Å²) >= 11 is 1.99. The van der Waals surface area contributed by atoms with E-state index in [2.05, 4.69) is 52.9 Å². The van der Waals surface area contributed by atoms with Gasteiger partial charge >= 0.3 is 0 Å². The molecule has 0 unspecified atom stereocenters. The molecule has 0 spiro atoms. The van der Waals surface area contributed by atoms with E-state index >= 15 is 0 Å². The zero-order chi connectivity index (χ0) is 15.8. The summed E-state index contributed by atoms with van der Waals surface area (Å²) in [5, 5.41) is 0. The third-order valence-corrected chi connectivity index (χ3v) is 4.99. The predicted molar refractivity (Wildman–Crippen MR) is 97.3 cm³/mol. The third kappa shape index (κ3) is 5.21. The second-order valence-electron chi connectivity index (χ2n) is 5.56. The van der Waals surface area contributed by atoms with Gasteiger partial charge in [-0.3, -0.25) is 4.90 Å². The highest BCUT2D eigenvalue weighted by atomic mass is 32.2. The number of rotatable bonds is 6. The number of nitrogens with two attached hydrogens (primary N) is 1. The maximum atomic E-state index is 6.12. The standard InChI is InChI=1S/C17H28N4S/c1-3-20(4-2)14-16-7-5-6-15(12-16)13-19-17(18)21-8-10-22-11-9-21/h5-7,12H,3-4,8-11,13-14H2,1-2H3,(H2,18,19). The van der Waals surface area contributed by atoms with Gasteiger partial charge in [0.15, 0.2) is 5.96 Å². The Hall–Kier alpha value is -1.20. The molecule has 1 aromatic carbocycles. The fourth-order valence-electron chi connectivity index (χ4n) is 2.60. The second-order valence-corrected chi connectivity index (χ2v) is 6.78. The second kappa shape index (κ2) is 9.06. The first-order valence-electron chi connectivity index (χ1n) is 8.15. The zero-order valence-corrected chi connectivity index (χ0v) is 14.6. The molecule has 1 heterocycles. The lowest BCUT2D eigenvalue weighted by Gasteiger charge is -2.27. The van der Waals surface area contributed by atoms with Crippen LogP contribution in [0.15, 0.2) is 29.3 Å². The molecule has 122 valence electrons. The normalized spacial score (nSPS) is 16.3. The summed E-state index contributed by atoms with van der Waals surface area (Å²) in [6.45, 7) is 10.3. The Bertz CT molecular complexity index is 479. The first kappa shape index (κ1) is 17.2. The van der Waals surface area contributed by atoms with E-state index in [0.717, 1.165) is 44.2 Å². The van der Waals surface area contributed by atoms with Gasteiger partial charge in [0.1, 0.15) is 0 Å². The average Bonchev–Trinajstić information content (AvgIpc) is 2.58. The molecule has 0 bridgehead atoms. The zero-order valence-electron chi connectivity index (χ0n) is 13.8. The van der Waals surface area contributed by atoms with E-state index in [9.17, 15) is 0 Å². The van der Waals surface area contributed by atoms with Crippen molar-refractivity contribution >= 4 is 17.7 Å². The van der Waals surface area contributed by atoms with Crippen molar-refractivity contribution in [3.63, 3.8) is 0 Å². The summed E-state index contributed by atoms with van der Waals surface area (Å²) in [6, 6.07) is 8.70. The number of aliphatic imine (C=N–C) groups is 1. The smallest absolute Gasteiger partial charge is 0.191 e. The van der Waals surface area contributed by atoms with E-state index in [-0.39, 0.29) is 0 Å². The summed E-state index contributed by atoms with van der Waals surface area (Å²) in [4.78, 5) is 9.19. The van der Waals surface area contributed by atoms with Crippen LogP contribution in [0.25, 0.3) is 0 Å². The van der Waals surface area contributed by atoms with Gasteiger partial charge < -0.3 is 10.6 Å².